The van der Waals surface area contributed by atoms with E-state index in [1.165, 1.54) is 0 Å². The number of hydrogen-bond donors (Lipinski definition) is 1. The van der Waals surface area contributed by atoms with E-state index in [0.717, 1.165) is 25.9 Å². The molecule has 0 spiro atoms. The number of aryl methyl sites for hydroxylation is 1. The molecule has 1 aliphatic heterocycles. The van der Waals surface area contributed by atoms with Gasteiger partial charge >= 0.3 is 0 Å². The first-order valence-electron chi connectivity index (χ1n) is 4.79. The number of hydrazine groups is 1. The molecular weight excluding hydrogens is 180 g/mol. The maximum Gasteiger partial charge on any atom is 0.285 e. The fraction of sp³-hybridized carbons (Fsp3) is 0.556. The Kier molecular flexibility index (Phi) is 2.49. The molecule has 1 fully saturated rings. The highest BCUT2D eigenvalue weighted by molar-refractivity contribution is 5.91. The Balaban J connectivity index is 1.95. The van der Waals surface area contributed by atoms with Gasteiger partial charge in [0.25, 0.3) is 5.91 Å². The number of imidazole rings is 1. The average Bonchev–Trinajstić information content (AvgIpc) is 2.75. The molecule has 0 bridgehead atoms. The van der Waals surface area contributed by atoms with E-state index in [1.807, 2.05) is 12.1 Å². The number of aromatic nitrogens is 2. The molecule has 1 aromatic rings. The van der Waals surface area contributed by atoms with Crippen LogP contribution < -0.4 is 5.43 Å². The highest BCUT2D eigenvalue weighted by Gasteiger charge is 2.16. The number of carbonyl (C=O) groups is 1. The van der Waals surface area contributed by atoms with Crippen LogP contribution in [0, 0.1) is 0 Å². The third-order valence-corrected chi connectivity index (χ3v) is 2.30. The number of nitrogens with zero attached hydrogens (tertiary/aromatic N) is 3. The van der Waals surface area contributed by atoms with E-state index in [9.17, 15) is 4.79 Å². The minimum absolute atomic E-state index is 0.118. The predicted octanol–water partition coefficient (Wildman–Crippen LogP) is 0.161. The lowest BCUT2D eigenvalue weighted by molar-refractivity contribution is 0.0821. The smallest absolute Gasteiger partial charge is 0.285 e. The van der Waals surface area contributed by atoms with Gasteiger partial charge in [-0.3, -0.25) is 10.2 Å². The van der Waals surface area contributed by atoms with Crippen molar-refractivity contribution in [1.82, 2.24) is 20.0 Å². The van der Waals surface area contributed by atoms with Crippen molar-refractivity contribution in [3.8, 4) is 0 Å². The highest BCUT2D eigenvalue weighted by Crippen LogP contribution is 2.04. The zero-order valence-corrected chi connectivity index (χ0v) is 8.23. The summed E-state index contributed by atoms with van der Waals surface area (Å²) in [5.74, 6) is -0.118. The van der Waals surface area contributed by atoms with Gasteiger partial charge in [-0.2, -0.15) is 0 Å². The summed E-state index contributed by atoms with van der Waals surface area (Å²) in [6.45, 7) is 1.89. The molecule has 0 aliphatic carbocycles. The van der Waals surface area contributed by atoms with Crippen LogP contribution >= 0.6 is 0 Å². The Morgan fingerprint density at radius 3 is 2.79 bits per heavy atom. The van der Waals surface area contributed by atoms with Crippen molar-refractivity contribution in [2.45, 2.75) is 12.8 Å². The van der Waals surface area contributed by atoms with Crippen LogP contribution in [0.25, 0.3) is 0 Å². The van der Waals surface area contributed by atoms with E-state index in [4.69, 9.17) is 0 Å². The van der Waals surface area contributed by atoms with Crippen molar-refractivity contribution in [2.75, 3.05) is 13.1 Å². The van der Waals surface area contributed by atoms with Gasteiger partial charge in [0.2, 0.25) is 0 Å². The maximum atomic E-state index is 11.6. The van der Waals surface area contributed by atoms with Crippen molar-refractivity contribution >= 4 is 5.91 Å². The number of carbonyl (C=O) groups excluding carboxylic acids is 1. The SMILES string of the molecule is Cn1cnc(C(=O)NN2CCCC2)c1. The van der Waals surface area contributed by atoms with E-state index in [1.54, 1.807) is 17.1 Å². The number of nitrogens with one attached hydrogen (secondary N) is 1. The van der Waals surface area contributed by atoms with Gasteiger partial charge in [-0.05, 0) is 12.8 Å². The first-order valence-corrected chi connectivity index (χ1v) is 4.79. The minimum Gasteiger partial charge on any atom is -0.340 e. The van der Waals surface area contributed by atoms with Crippen molar-refractivity contribution in [2.24, 2.45) is 7.05 Å². The highest BCUT2D eigenvalue weighted by atomic mass is 16.2. The summed E-state index contributed by atoms with van der Waals surface area (Å²) >= 11 is 0. The van der Waals surface area contributed by atoms with Crippen LogP contribution in [0.5, 0.6) is 0 Å². The van der Waals surface area contributed by atoms with Gasteiger partial charge < -0.3 is 4.57 Å². The molecule has 0 atom stereocenters. The summed E-state index contributed by atoms with van der Waals surface area (Å²) < 4.78 is 1.76. The van der Waals surface area contributed by atoms with Crippen LogP contribution in [0.4, 0.5) is 0 Å². The summed E-state index contributed by atoms with van der Waals surface area (Å²) in [5, 5.41) is 1.94. The molecule has 1 amide bonds. The fourth-order valence-corrected chi connectivity index (χ4v) is 1.56. The molecule has 0 radical (unpaired) electrons. The Bertz CT molecular complexity index is 327. The van der Waals surface area contributed by atoms with Crippen molar-refractivity contribution in [3.63, 3.8) is 0 Å². The molecule has 1 N–H and O–H groups in total. The molecule has 5 nitrogen and oxygen atoms in total. The topological polar surface area (TPSA) is 50.2 Å². The second kappa shape index (κ2) is 3.79. The summed E-state index contributed by atoms with van der Waals surface area (Å²) in [6, 6.07) is 0. The van der Waals surface area contributed by atoms with Crippen LogP contribution in [0.2, 0.25) is 0 Å². The summed E-state index contributed by atoms with van der Waals surface area (Å²) in [7, 11) is 1.85. The zero-order chi connectivity index (χ0) is 9.97. The third-order valence-electron chi connectivity index (χ3n) is 2.30. The molecule has 76 valence electrons. The number of rotatable bonds is 2. The lowest BCUT2D eigenvalue weighted by atomic mass is 10.4. The van der Waals surface area contributed by atoms with Crippen LogP contribution in [-0.4, -0.2) is 33.6 Å². The molecule has 1 aliphatic rings. The Morgan fingerprint density at radius 2 is 2.21 bits per heavy atom. The standard InChI is InChI=1S/C9H14N4O/c1-12-6-8(10-7-12)9(14)11-13-4-2-3-5-13/h6-7H,2-5H2,1H3,(H,11,14). The molecule has 1 saturated heterocycles. The minimum atomic E-state index is -0.118. The average molecular weight is 194 g/mol. The number of hydrogen-bond acceptors (Lipinski definition) is 3. The zero-order valence-electron chi connectivity index (χ0n) is 8.23. The van der Waals surface area contributed by atoms with Crippen molar-refractivity contribution in [3.05, 3.63) is 18.2 Å². The molecule has 14 heavy (non-hydrogen) atoms. The molecular formula is C9H14N4O. The Morgan fingerprint density at radius 1 is 1.50 bits per heavy atom. The first-order chi connectivity index (χ1) is 6.75. The molecule has 0 saturated carbocycles. The van der Waals surface area contributed by atoms with Gasteiger partial charge in [0.05, 0.1) is 6.33 Å². The molecule has 2 heterocycles. The quantitative estimate of drug-likeness (QED) is 0.729. The lowest BCUT2D eigenvalue weighted by Crippen LogP contribution is -2.40. The number of amides is 1. The fourth-order valence-electron chi connectivity index (χ4n) is 1.56. The Labute approximate surface area is 82.7 Å². The maximum absolute atomic E-state index is 11.6. The lowest BCUT2D eigenvalue weighted by Gasteiger charge is -2.14. The van der Waals surface area contributed by atoms with Crippen LogP contribution in [-0.2, 0) is 7.05 Å². The summed E-state index contributed by atoms with van der Waals surface area (Å²) in [6.07, 6.45) is 5.65. The van der Waals surface area contributed by atoms with E-state index in [2.05, 4.69) is 10.4 Å². The summed E-state index contributed by atoms with van der Waals surface area (Å²) in [5.41, 5.74) is 3.30. The largest absolute Gasteiger partial charge is 0.340 e. The molecule has 0 unspecified atom stereocenters. The van der Waals surface area contributed by atoms with E-state index < -0.39 is 0 Å². The van der Waals surface area contributed by atoms with Gasteiger partial charge in [0.1, 0.15) is 5.69 Å². The van der Waals surface area contributed by atoms with Gasteiger partial charge in [0, 0.05) is 26.3 Å². The summed E-state index contributed by atoms with van der Waals surface area (Å²) in [4.78, 5) is 15.6. The molecule has 2 rings (SSSR count). The molecule has 0 aromatic carbocycles. The Hall–Kier alpha value is -1.36. The van der Waals surface area contributed by atoms with E-state index in [0.29, 0.717) is 5.69 Å². The van der Waals surface area contributed by atoms with E-state index >= 15 is 0 Å². The van der Waals surface area contributed by atoms with Gasteiger partial charge in [0.15, 0.2) is 0 Å². The molecule has 5 heteroatoms. The van der Waals surface area contributed by atoms with E-state index in [-0.39, 0.29) is 5.91 Å². The van der Waals surface area contributed by atoms with Gasteiger partial charge in [-0.25, -0.2) is 9.99 Å². The monoisotopic (exact) mass is 194 g/mol. The van der Waals surface area contributed by atoms with Crippen molar-refractivity contribution < 1.29 is 4.79 Å². The second-order valence-corrected chi connectivity index (χ2v) is 3.56. The third kappa shape index (κ3) is 1.93. The molecule has 1 aromatic heterocycles. The van der Waals surface area contributed by atoms with Crippen molar-refractivity contribution in [1.29, 1.82) is 0 Å². The van der Waals surface area contributed by atoms with Crippen LogP contribution in [0.1, 0.15) is 23.3 Å². The van der Waals surface area contributed by atoms with Crippen LogP contribution in [0.15, 0.2) is 12.5 Å². The van der Waals surface area contributed by atoms with Gasteiger partial charge in [-0.1, -0.05) is 0 Å². The normalized spacial score (nSPS) is 17.2. The first kappa shape index (κ1) is 9.21. The second-order valence-electron chi connectivity index (χ2n) is 3.56. The van der Waals surface area contributed by atoms with Gasteiger partial charge in [-0.15, -0.1) is 0 Å². The predicted molar refractivity (Wildman–Crippen MR) is 51.5 cm³/mol. The van der Waals surface area contributed by atoms with Crippen LogP contribution in [0.3, 0.4) is 0 Å².